The van der Waals surface area contributed by atoms with Crippen LogP contribution in [0.5, 0.6) is 0 Å². The average molecular weight is 434 g/mol. The first kappa shape index (κ1) is 22.9. The van der Waals surface area contributed by atoms with Crippen LogP contribution in [0.3, 0.4) is 0 Å². The number of piperazine rings is 1. The standard InChI is InChI=1S/C23H36ClN5O/c1-3-25-23(26-10-7-19-8-11-27(2)12-9-19)29-15-13-28(14-16-29)22(30)18-20-5-4-6-21(24)17-20/h4-6,17,19H,3,7-16,18H2,1-2H3,(H,25,26). The molecule has 0 saturated carbocycles. The summed E-state index contributed by atoms with van der Waals surface area (Å²) in [5.41, 5.74) is 0.971. The van der Waals surface area contributed by atoms with Gasteiger partial charge < -0.3 is 20.0 Å². The Hall–Kier alpha value is -1.79. The molecule has 0 aromatic heterocycles. The van der Waals surface area contributed by atoms with Crippen LogP contribution in [0.4, 0.5) is 0 Å². The van der Waals surface area contributed by atoms with Crippen LogP contribution < -0.4 is 5.32 Å². The molecule has 1 amide bonds. The van der Waals surface area contributed by atoms with Gasteiger partial charge in [0.05, 0.1) is 6.42 Å². The summed E-state index contributed by atoms with van der Waals surface area (Å²) < 4.78 is 0. The number of piperidine rings is 1. The van der Waals surface area contributed by atoms with Crippen LogP contribution in [0.1, 0.15) is 31.7 Å². The van der Waals surface area contributed by atoms with Crippen molar-refractivity contribution in [2.75, 3.05) is 59.4 Å². The maximum absolute atomic E-state index is 12.7. The van der Waals surface area contributed by atoms with Gasteiger partial charge >= 0.3 is 0 Å². The molecule has 2 fully saturated rings. The fraction of sp³-hybridized carbons (Fsp3) is 0.652. The van der Waals surface area contributed by atoms with Crippen molar-refractivity contribution >= 4 is 23.5 Å². The fourth-order valence-electron chi connectivity index (χ4n) is 4.23. The Bertz CT molecular complexity index is 709. The van der Waals surface area contributed by atoms with Crippen molar-refractivity contribution < 1.29 is 4.79 Å². The topological polar surface area (TPSA) is 51.2 Å². The number of amides is 1. The quantitative estimate of drug-likeness (QED) is 0.553. The molecular weight excluding hydrogens is 398 g/mol. The van der Waals surface area contributed by atoms with Gasteiger partial charge in [0.15, 0.2) is 5.96 Å². The highest BCUT2D eigenvalue weighted by Gasteiger charge is 2.23. The van der Waals surface area contributed by atoms with Crippen molar-refractivity contribution in [2.45, 2.75) is 32.6 Å². The first-order valence-corrected chi connectivity index (χ1v) is 11.7. The van der Waals surface area contributed by atoms with Crippen molar-refractivity contribution in [3.05, 3.63) is 34.9 Å². The molecule has 2 saturated heterocycles. The second-order valence-corrected chi connectivity index (χ2v) is 8.88. The summed E-state index contributed by atoms with van der Waals surface area (Å²) in [5, 5.41) is 4.11. The van der Waals surface area contributed by atoms with Gasteiger partial charge in [0.1, 0.15) is 0 Å². The number of guanidine groups is 1. The number of nitrogens with zero attached hydrogens (tertiary/aromatic N) is 4. The van der Waals surface area contributed by atoms with Gasteiger partial charge in [0, 0.05) is 44.3 Å². The Balaban J connectivity index is 1.46. The SMILES string of the molecule is CCNC(=NCCC1CCN(C)CC1)N1CCN(C(=O)Cc2cccc(Cl)c2)CC1. The third-order valence-corrected chi connectivity index (χ3v) is 6.38. The van der Waals surface area contributed by atoms with E-state index in [1.54, 1.807) is 0 Å². The second-order valence-electron chi connectivity index (χ2n) is 8.45. The molecule has 0 bridgehead atoms. The smallest absolute Gasteiger partial charge is 0.227 e. The molecule has 0 radical (unpaired) electrons. The van der Waals surface area contributed by atoms with Crippen molar-refractivity contribution in [1.82, 2.24) is 20.0 Å². The molecule has 166 valence electrons. The first-order chi connectivity index (χ1) is 14.5. The summed E-state index contributed by atoms with van der Waals surface area (Å²) in [5.74, 6) is 1.96. The Kier molecular flexibility index (Phi) is 8.82. The third-order valence-electron chi connectivity index (χ3n) is 6.15. The average Bonchev–Trinajstić information content (AvgIpc) is 2.75. The van der Waals surface area contributed by atoms with Crippen LogP contribution in [0, 0.1) is 5.92 Å². The van der Waals surface area contributed by atoms with Crippen LogP contribution in [0.2, 0.25) is 5.02 Å². The molecule has 2 heterocycles. The number of likely N-dealkylation sites (tertiary alicyclic amines) is 1. The van der Waals surface area contributed by atoms with E-state index in [4.69, 9.17) is 16.6 Å². The summed E-state index contributed by atoms with van der Waals surface area (Å²) in [7, 11) is 2.21. The zero-order valence-electron chi connectivity index (χ0n) is 18.4. The number of rotatable bonds is 6. The van der Waals surface area contributed by atoms with E-state index >= 15 is 0 Å². The van der Waals surface area contributed by atoms with Gasteiger partial charge in [-0.3, -0.25) is 9.79 Å². The second kappa shape index (κ2) is 11.6. The van der Waals surface area contributed by atoms with E-state index in [9.17, 15) is 4.79 Å². The number of hydrogen-bond acceptors (Lipinski definition) is 3. The monoisotopic (exact) mass is 433 g/mol. The zero-order valence-corrected chi connectivity index (χ0v) is 19.2. The molecule has 6 nitrogen and oxygen atoms in total. The van der Waals surface area contributed by atoms with Crippen molar-refractivity contribution in [3.63, 3.8) is 0 Å². The minimum absolute atomic E-state index is 0.168. The van der Waals surface area contributed by atoms with Gasteiger partial charge in [0.2, 0.25) is 5.91 Å². The van der Waals surface area contributed by atoms with Gasteiger partial charge in [-0.15, -0.1) is 0 Å². The molecule has 0 aliphatic carbocycles. The van der Waals surface area contributed by atoms with Gasteiger partial charge in [-0.1, -0.05) is 23.7 Å². The highest BCUT2D eigenvalue weighted by Crippen LogP contribution is 2.19. The van der Waals surface area contributed by atoms with E-state index < -0.39 is 0 Å². The summed E-state index contributed by atoms with van der Waals surface area (Å²) in [4.78, 5) is 24.2. The predicted octanol–water partition coefficient (Wildman–Crippen LogP) is 2.72. The predicted molar refractivity (Wildman–Crippen MR) is 124 cm³/mol. The van der Waals surface area contributed by atoms with E-state index in [-0.39, 0.29) is 5.91 Å². The lowest BCUT2D eigenvalue weighted by molar-refractivity contribution is -0.131. The van der Waals surface area contributed by atoms with Crippen LogP contribution in [0.15, 0.2) is 29.3 Å². The number of carbonyl (C=O) groups excluding carboxylic acids is 1. The fourth-order valence-corrected chi connectivity index (χ4v) is 4.44. The summed E-state index contributed by atoms with van der Waals surface area (Å²) in [6.45, 7) is 9.38. The maximum Gasteiger partial charge on any atom is 0.227 e. The number of halogens is 1. The Morgan fingerprint density at radius 2 is 1.83 bits per heavy atom. The number of carbonyl (C=O) groups is 1. The molecule has 2 aliphatic rings. The molecule has 2 aliphatic heterocycles. The van der Waals surface area contributed by atoms with E-state index in [1.807, 2.05) is 29.2 Å². The van der Waals surface area contributed by atoms with Gasteiger partial charge in [-0.2, -0.15) is 0 Å². The van der Waals surface area contributed by atoms with Crippen LogP contribution in [-0.4, -0.2) is 86.0 Å². The highest BCUT2D eigenvalue weighted by atomic mass is 35.5. The zero-order chi connectivity index (χ0) is 21.3. The molecule has 7 heteroatoms. The largest absolute Gasteiger partial charge is 0.357 e. The summed E-state index contributed by atoms with van der Waals surface area (Å²) in [6.07, 6.45) is 4.15. The van der Waals surface area contributed by atoms with Crippen LogP contribution >= 0.6 is 11.6 Å². The maximum atomic E-state index is 12.7. The molecule has 1 N–H and O–H groups in total. The molecular formula is C23H36ClN5O. The molecule has 0 atom stereocenters. The van der Waals surface area contributed by atoms with E-state index in [0.29, 0.717) is 11.4 Å². The minimum atomic E-state index is 0.168. The molecule has 0 unspecified atom stereocenters. The normalized spacial score (nSPS) is 19.2. The van der Waals surface area contributed by atoms with Gasteiger partial charge in [-0.25, -0.2) is 0 Å². The molecule has 30 heavy (non-hydrogen) atoms. The lowest BCUT2D eigenvalue weighted by Crippen LogP contribution is -2.54. The lowest BCUT2D eigenvalue weighted by atomic mass is 9.94. The minimum Gasteiger partial charge on any atom is -0.357 e. The Labute approximate surface area is 186 Å². The van der Waals surface area contributed by atoms with Crippen molar-refractivity contribution in [3.8, 4) is 0 Å². The molecule has 1 aromatic rings. The third kappa shape index (κ3) is 6.88. The lowest BCUT2D eigenvalue weighted by Gasteiger charge is -2.36. The summed E-state index contributed by atoms with van der Waals surface area (Å²) in [6, 6.07) is 7.56. The van der Waals surface area contributed by atoms with E-state index in [2.05, 4.69) is 29.1 Å². The Morgan fingerprint density at radius 1 is 1.13 bits per heavy atom. The Morgan fingerprint density at radius 3 is 2.50 bits per heavy atom. The number of benzene rings is 1. The van der Waals surface area contributed by atoms with Crippen molar-refractivity contribution in [1.29, 1.82) is 0 Å². The van der Waals surface area contributed by atoms with Crippen LogP contribution in [-0.2, 0) is 11.2 Å². The first-order valence-electron chi connectivity index (χ1n) is 11.3. The molecule has 3 rings (SSSR count). The van der Waals surface area contributed by atoms with Crippen molar-refractivity contribution in [2.24, 2.45) is 10.9 Å². The highest BCUT2D eigenvalue weighted by molar-refractivity contribution is 6.30. The van der Waals surface area contributed by atoms with E-state index in [1.165, 1.54) is 32.4 Å². The van der Waals surface area contributed by atoms with Gasteiger partial charge in [0.25, 0.3) is 0 Å². The number of aliphatic imine (C=N–C) groups is 1. The summed E-state index contributed by atoms with van der Waals surface area (Å²) >= 11 is 6.04. The number of nitrogens with one attached hydrogen (secondary N) is 1. The molecule has 1 aromatic carbocycles. The van der Waals surface area contributed by atoms with Gasteiger partial charge in [-0.05, 0) is 69.9 Å². The molecule has 0 spiro atoms. The van der Waals surface area contributed by atoms with Crippen LogP contribution in [0.25, 0.3) is 0 Å². The number of hydrogen-bond donors (Lipinski definition) is 1. The van der Waals surface area contributed by atoms with E-state index in [0.717, 1.165) is 56.7 Å².